The van der Waals surface area contributed by atoms with E-state index in [1.807, 2.05) is 38.1 Å². The van der Waals surface area contributed by atoms with Gasteiger partial charge >= 0.3 is 12.1 Å². The van der Waals surface area contributed by atoms with Gasteiger partial charge in [-0.05, 0) is 44.4 Å². The summed E-state index contributed by atoms with van der Waals surface area (Å²) in [4.78, 5) is 39.4. The van der Waals surface area contributed by atoms with E-state index in [-0.39, 0.29) is 29.9 Å². The van der Waals surface area contributed by atoms with E-state index in [1.165, 1.54) is 0 Å². The molecule has 0 bridgehead atoms. The summed E-state index contributed by atoms with van der Waals surface area (Å²) in [7, 11) is 3.47. The third-order valence-electron chi connectivity index (χ3n) is 4.62. The van der Waals surface area contributed by atoms with Crippen molar-refractivity contribution in [3.63, 3.8) is 0 Å². The van der Waals surface area contributed by atoms with Crippen LogP contribution in [-0.4, -0.2) is 61.0 Å². The summed E-state index contributed by atoms with van der Waals surface area (Å²) in [6.45, 7) is 5.45. The van der Waals surface area contributed by atoms with Crippen LogP contribution in [0.5, 0.6) is 0 Å². The van der Waals surface area contributed by atoms with E-state index in [1.54, 1.807) is 23.9 Å². The lowest BCUT2D eigenvalue weighted by molar-refractivity contribution is -0.126. The Kier molecular flexibility index (Phi) is 7.66. The maximum atomic E-state index is 12.4. The number of carbonyl (C=O) groups is 3. The molecule has 1 heterocycles. The second-order valence-electron chi connectivity index (χ2n) is 7.61. The van der Waals surface area contributed by atoms with E-state index >= 15 is 0 Å². The molecule has 8 nitrogen and oxygen atoms in total. The predicted octanol–water partition coefficient (Wildman–Crippen LogP) is 2.23. The van der Waals surface area contributed by atoms with Gasteiger partial charge in [-0.2, -0.15) is 0 Å². The van der Waals surface area contributed by atoms with Gasteiger partial charge in [-0.15, -0.1) is 0 Å². The fraction of sp³-hybridized carbons (Fsp3) is 0.550. The van der Waals surface area contributed by atoms with Crippen LogP contribution in [0, 0.1) is 5.92 Å². The summed E-state index contributed by atoms with van der Waals surface area (Å²) >= 11 is 0. The van der Waals surface area contributed by atoms with Crippen LogP contribution in [0.4, 0.5) is 15.3 Å². The monoisotopic (exact) mass is 389 g/mol. The number of urea groups is 2. The van der Waals surface area contributed by atoms with Gasteiger partial charge in [-0.25, -0.2) is 9.59 Å². The Morgan fingerprint density at radius 1 is 1.11 bits per heavy atom. The van der Waals surface area contributed by atoms with Gasteiger partial charge in [0.15, 0.2) is 0 Å². The number of nitrogens with zero attached hydrogens (tertiary/aromatic N) is 2. The lowest BCUT2D eigenvalue weighted by atomic mass is 9.96. The van der Waals surface area contributed by atoms with Crippen molar-refractivity contribution in [2.45, 2.75) is 39.3 Å². The Morgan fingerprint density at radius 3 is 2.25 bits per heavy atom. The Morgan fingerprint density at radius 2 is 1.71 bits per heavy atom. The predicted molar refractivity (Wildman–Crippen MR) is 109 cm³/mol. The van der Waals surface area contributed by atoms with Crippen molar-refractivity contribution in [2.75, 3.05) is 32.5 Å². The molecule has 0 radical (unpaired) electrons. The van der Waals surface area contributed by atoms with Crippen LogP contribution in [0.15, 0.2) is 24.3 Å². The third-order valence-corrected chi connectivity index (χ3v) is 4.62. The number of piperidine rings is 1. The van der Waals surface area contributed by atoms with Crippen molar-refractivity contribution in [3.05, 3.63) is 29.8 Å². The van der Waals surface area contributed by atoms with Gasteiger partial charge in [0.05, 0.1) is 0 Å². The molecule has 1 aromatic rings. The molecule has 1 aliphatic heterocycles. The maximum absolute atomic E-state index is 12.4. The van der Waals surface area contributed by atoms with Gasteiger partial charge in [0.1, 0.15) is 0 Å². The van der Waals surface area contributed by atoms with Crippen LogP contribution in [0.3, 0.4) is 0 Å². The normalized spacial score (nSPS) is 14.5. The number of hydrogen-bond donors (Lipinski definition) is 3. The molecule has 0 saturated carbocycles. The largest absolute Gasteiger partial charge is 0.352 e. The highest BCUT2D eigenvalue weighted by Crippen LogP contribution is 2.18. The molecule has 1 fully saturated rings. The number of amides is 5. The molecule has 0 unspecified atom stereocenters. The van der Waals surface area contributed by atoms with Gasteiger partial charge in [-0.3, -0.25) is 4.79 Å². The summed E-state index contributed by atoms with van der Waals surface area (Å²) < 4.78 is 0. The quantitative estimate of drug-likeness (QED) is 0.721. The van der Waals surface area contributed by atoms with Gasteiger partial charge < -0.3 is 25.8 Å². The molecule has 3 N–H and O–H groups in total. The van der Waals surface area contributed by atoms with Crippen LogP contribution in [0.25, 0.3) is 0 Å². The highest BCUT2D eigenvalue weighted by Gasteiger charge is 2.27. The fourth-order valence-electron chi connectivity index (χ4n) is 3.08. The first-order valence-corrected chi connectivity index (χ1v) is 9.66. The molecule has 0 aliphatic carbocycles. The highest BCUT2D eigenvalue weighted by atomic mass is 16.2. The van der Waals surface area contributed by atoms with E-state index in [2.05, 4.69) is 16.0 Å². The molecule has 1 saturated heterocycles. The first-order valence-electron chi connectivity index (χ1n) is 9.66. The number of nitrogens with one attached hydrogen (secondary N) is 3. The number of anilines is 1. The fourth-order valence-corrected chi connectivity index (χ4v) is 3.08. The number of hydrogen-bond acceptors (Lipinski definition) is 3. The van der Waals surface area contributed by atoms with Crippen LogP contribution < -0.4 is 16.0 Å². The molecular formula is C20H31N5O3. The second kappa shape index (κ2) is 9.96. The Balaban J connectivity index is 1.76. The summed E-state index contributed by atoms with van der Waals surface area (Å²) in [5, 5.41) is 8.50. The Labute approximate surface area is 166 Å². The standard InChI is InChI=1S/C20H31N5O3/c1-14(2)22-19(27)23-17-7-5-15(6-8-17)13-21-18(26)16-9-11-25(12-10-16)20(28)24(3)4/h5-8,14,16H,9-13H2,1-4H3,(H,21,26)(H2,22,23,27). The van der Waals surface area contributed by atoms with Gasteiger partial charge in [0.2, 0.25) is 5.91 Å². The van der Waals surface area contributed by atoms with Crippen molar-refractivity contribution in [2.24, 2.45) is 5.92 Å². The molecule has 1 aromatic carbocycles. The van der Waals surface area contributed by atoms with Crippen molar-refractivity contribution in [3.8, 4) is 0 Å². The zero-order chi connectivity index (χ0) is 20.7. The van der Waals surface area contributed by atoms with E-state index < -0.39 is 0 Å². The molecule has 5 amide bonds. The van der Waals surface area contributed by atoms with Crippen LogP contribution >= 0.6 is 0 Å². The van der Waals surface area contributed by atoms with Crippen molar-refractivity contribution < 1.29 is 14.4 Å². The molecule has 8 heteroatoms. The van der Waals surface area contributed by atoms with E-state index in [0.29, 0.717) is 38.2 Å². The molecule has 0 spiro atoms. The average molecular weight is 390 g/mol. The Hall–Kier alpha value is -2.77. The summed E-state index contributed by atoms with van der Waals surface area (Å²) in [5.74, 6) is -0.0395. The second-order valence-corrected chi connectivity index (χ2v) is 7.61. The van der Waals surface area contributed by atoms with Crippen LogP contribution in [-0.2, 0) is 11.3 Å². The molecule has 28 heavy (non-hydrogen) atoms. The summed E-state index contributed by atoms with van der Waals surface area (Å²) in [6, 6.07) is 7.21. The number of benzene rings is 1. The number of carbonyl (C=O) groups excluding carboxylic acids is 3. The Bertz CT molecular complexity index is 680. The van der Waals surface area contributed by atoms with Crippen LogP contribution in [0.2, 0.25) is 0 Å². The minimum atomic E-state index is -0.241. The summed E-state index contributed by atoms with van der Waals surface area (Å²) in [6.07, 6.45) is 1.36. The topological polar surface area (TPSA) is 93.8 Å². The lowest BCUT2D eigenvalue weighted by Crippen LogP contribution is -2.46. The van der Waals surface area contributed by atoms with Crippen molar-refractivity contribution >= 4 is 23.7 Å². The molecule has 0 atom stereocenters. The minimum absolute atomic E-state index is 0.00497. The third kappa shape index (κ3) is 6.44. The molecule has 2 rings (SSSR count). The van der Waals surface area contributed by atoms with E-state index in [0.717, 1.165) is 5.56 Å². The molecular weight excluding hydrogens is 358 g/mol. The smallest absolute Gasteiger partial charge is 0.319 e. The zero-order valence-corrected chi connectivity index (χ0v) is 17.1. The molecule has 0 aromatic heterocycles. The lowest BCUT2D eigenvalue weighted by Gasteiger charge is -2.33. The molecule has 154 valence electrons. The highest BCUT2D eigenvalue weighted by molar-refractivity contribution is 5.89. The first-order chi connectivity index (χ1) is 13.3. The van der Waals surface area contributed by atoms with Gasteiger partial charge in [-0.1, -0.05) is 12.1 Å². The maximum Gasteiger partial charge on any atom is 0.319 e. The van der Waals surface area contributed by atoms with E-state index in [9.17, 15) is 14.4 Å². The summed E-state index contributed by atoms with van der Waals surface area (Å²) in [5.41, 5.74) is 1.66. The van der Waals surface area contributed by atoms with Crippen molar-refractivity contribution in [1.29, 1.82) is 0 Å². The number of likely N-dealkylation sites (tertiary alicyclic amines) is 1. The number of rotatable bonds is 5. The minimum Gasteiger partial charge on any atom is -0.352 e. The average Bonchev–Trinajstić information content (AvgIpc) is 2.66. The zero-order valence-electron chi connectivity index (χ0n) is 17.1. The van der Waals surface area contributed by atoms with Crippen LogP contribution in [0.1, 0.15) is 32.3 Å². The first kappa shape index (κ1) is 21.5. The SMILES string of the molecule is CC(C)NC(=O)Nc1ccc(CNC(=O)C2CCN(C(=O)N(C)C)CC2)cc1. The van der Waals surface area contributed by atoms with Gasteiger partial charge in [0, 0.05) is 51.4 Å². The van der Waals surface area contributed by atoms with E-state index in [4.69, 9.17) is 0 Å². The van der Waals surface area contributed by atoms with Crippen molar-refractivity contribution in [1.82, 2.24) is 20.4 Å². The van der Waals surface area contributed by atoms with Gasteiger partial charge in [0.25, 0.3) is 0 Å². The molecule has 1 aliphatic rings.